The van der Waals surface area contributed by atoms with Gasteiger partial charge in [-0.15, -0.1) is 0 Å². The molecule has 2 aromatic carbocycles. The molecule has 96 valence electrons. The zero-order valence-electron chi connectivity index (χ0n) is 11.1. The molecule has 0 fully saturated rings. The Morgan fingerprint density at radius 3 is 2.47 bits per heavy atom. The summed E-state index contributed by atoms with van der Waals surface area (Å²) in [6.45, 7) is 1.92. The van der Waals surface area contributed by atoms with Crippen molar-refractivity contribution in [3.05, 3.63) is 77.4 Å². The monoisotopic (exact) mass is 250 g/mol. The third-order valence-electron chi connectivity index (χ3n) is 4.03. The van der Waals surface area contributed by atoms with Gasteiger partial charge in [-0.3, -0.25) is 0 Å². The molecule has 0 heterocycles. The first kappa shape index (κ1) is 12.2. The van der Waals surface area contributed by atoms with E-state index in [1.54, 1.807) is 0 Å². The first-order valence-electron chi connectivity index (χ1n) is 6.72. The highest BCUT2D eigenvalue weighted by atomic mass is 16.3. The first-order chi connectivity index (χ1) is 9.18. The molecule has 0 bridgehead atoms. The molecule has 2 unspecified atom stereocenters. The topological polar surface area (TPSA) is 20.2 Å². The fourth-order valence-electron chi connectivity index (χ4n) is 2.85. The van der Waals surface area contributed by atoms with Crippen LogP contribution in [0.5, 0.6) is 0 Å². The molecule has 0 spiro atoms. The van der Waals surface area contributed by atoms with Crippen LogP contribution in [0.15, 0.2) is 60.7 Å². The highest BCUT2D eigenvalue weighted by Gasteiger charge is 2.35. The predicted octanol–water partition coefficient (Wildman–Crippen LogP) is 3.78. The Morgan fingerprint density at radius 2 is 1.68 bits per heavy atom. The summed E-state index contributed by atoms with van der Waals surface area (Å²) in [5, 5.41) is 10.9. The van der Waals surface area contributed by atoms with Crippen LogP contribution in [0.1, 0.15) is 23.6 Å². The lowest BCUT2D eigenvalue weighted by atomic mass is 9.74. The minimum atomic E-state index is -0.804. The predicted molar refractivity (Wildman–Crippen MR) is 78.7 cm³/mol. The van der Waals surface area contributed by atoms with Crippen LogP contribution in [0, 0.1) is 5.92 Å². The van der Waals surface area contributed by atoms with Crippen molar-refractivity contribution in [1.29, 1.82) is 0 Å². The summed E-state index contributed by atoms with van der Waals surface area (Å²) in [7, 11) is 0. The largest absolute Gasteiger partial charge is 0.385 e. The van der Waals surface area contributed by atoms with Crippen LogP contribution in [-0.4, -0.2) is 5.11 Å². The molecule has 0 amide bonds. The molecule has 0 saturated carbocycles. The summed E-state index contributed by atoms with van der Waals surface area (Å²) in [6.07, 6.45) is 5.12. The van der Waals surface area contributed by atoms with Gasteiger partial charge >= 0.3 is 0 Å². The molecule has 0 radical (unpaired) electrons. The average molecular weight is 250 g/mol. The van der Waals surface area contributed by atoms with Gasteiger partial charge in [-0.05, 0) is 30.0 Å². The van der Waals surface area contributed by atoms with Gasteiger partial charge in [-0.1, -0.05) is 66.7 Å². The molecule has 1 N–H and O–H groups in total. The second kappa shape index (κ2) is 4.67. The molecule has 1 nitrogen and oxygen atoms in total. The minimum Gasteiger partial charge on any atom is -0.385 e. The molecule has 0 saturated heterocycles. The number of hydrogen-bond donors (Lipinski definition) is 1. The fourth-order valence-corrected chi connectivity index (χ4v) is 2.85. The van der Waals surface area contributed by atoms with E-state index in [9.17, 15) is 5.11 Å². The van der Waals surface area contributed by atoms with Crippen molar-refractivity contribution in [3.63, 3.8) is 0 Å². The smallest absolute Gasteiger partial charge is 0.0939 e. The number of rotatable bonds is 2. The molecule has 2 atom stereocenters. The van der Waals surface area contributed by atoms with Crippen molar-refractivity contribution >= 4 is 6.08 Å². The van der Waals surface area contributed by atoms with Crippen LogP contribution in [-0.2, 0) is 12.0 Å². The Balaban J connectivity index is 1.94. The van der Waals surface area contributed by atoms with Gasteiger partial charge in [-0.25, -0.2) is 0 Å². The minimum absolute atomic E-state index is 0.116. The Bertz CT molecular complexity index is 596. The summed E-state index contributed by atoms with van der Waals surface area (Å²) < 4.78 is 0. The Hall–Kier alpha value is -1.86. The van der Waals surface area contributed by atoms with Crippen LogP contribution in [0.2, 0.25) is 0 Å². The van der Waals surface area contributed by atoms with E-state index in [0.29, 0.717) is 0 Å². The Kier molecular flexibility index (Phi) is 3.00. The number of hydrogen-bond acceptors (Lipinski definition) is 1. The number of benzene rings is 2. The Labute approximate surface area is 114 Å². The zero-order chi connectivity index (χ0) is 13.3. The molecule has 0 aromatic heterocycles. The van der Waals surface area contributed by atoms with Gasteiger partial charge in [0.1, 0.15) is 0 Å². The lowest BCUT2D eigenvalue weighted by Crippen LogP contribution is -2.34. The maximum Gasteiger partial charge on any atom is 0.0939 e. The highest BCUT2D eigenvalue weighted by Crippen LogP contribution is 2.38. The number of fused-ring (bicyclic) bond motifs is 1. The molecule has 19 heavy (non-hydrogen) atoms. The maximum atomic E-state index is 10.9. The summed E-state index contributed by atoms with van der Waals surface area (Å²) in [4.78, 5) is 0. The van der Waals surface area contributed by atoms with Crippen molar-refractivity contribution in [2.24, 2.45) is 5.92 Å². The van der Waals surface area contributed by atoms with Gasteiger partial charge in [0.2, 0.25) is 0 Å². The summed E-state index contributed by atoms with van der Waals surface area (Å²) in [6, 6.07) is 18.4. The van der Waals surface area contributed by atoms with Crippen molar-refractivity contribution in [3.8, 4) is 0 Å². The first-order valence-corrected chi connectivity index (χ1v) is 6.72. The molecule has 1 aliphatic rings. The molecular formula is C18H18O. The van der Waals surface area contributed by atoms with Crippen molar-refractivity contribution in [1.82, 2.24) is 0 Å². The Morgan fingerprint density at radius 1 is 1.00 bits per heavy atom. The average Bonchev–Trinajstić information content (AvgIpc) is 2.44. The fraction of sp³-hybridized carbons (Fsp3) is 0.222. The van der Waals surface area contributed by atoms with Crippen LogP contribution in [0.4, 0.5) is 0 Å². The second-order valence-corrected chi connectivity index (χ2v) is 5.39. The van der Waals surface area contributed by atoms with Crippen LogP contribution >= 0.6 is 0 Å². The van der Waals surface area contributed by atoms with Gasteiger partial charge in [0, 0.05) is 5.92 Å². The molecular weight excluding hydrogens is 232 g/mol. The van der Waals surface area contributed by atoms with E-state index in [1.807, 2.05) is 43.3 Å². The highest BCUT2D eigenvalue weighted by molar-refractivity contribution is 5.59. The van der Waals surface area contributed by atoms with Crippen LogP contribution < -0.4 is 0 Å². The van der Waals surface area contributed by atoms with Gasteiger partial charge in [-0.2, -0.15) is 0 Å². The van der Waals surface area contributed by atoms with E-state index in [2.05, 4.69) is 30.4 Å². The van der Waals surface area contributed by atoms with Gasteiger partial charge in [0.05, 0.1) is 5.60 Å². The van der Waals surface area contributed by atoms with E-state index in [-0.39, 0.29) is 5.92 Å². The van der Waals surface area contributed by atoms with E-state index in [0.717, 1.165) is 17.5 Å². The van der Waals surface area contributed by atoms with Gasteiger partial charge in [0.25, 0.3) is 0 Å². The summed E-state index contributed by atoms with van der Waals surface area (Å²) in [5.74, 6) is 0.116. The lowest BCUT2D eigenvalue weighted by molar-refractivity contribution is 0.0121. The summed E-state index contributed by atoms with van der Waals surface area (Å²) in [5.41, 5.74) is 2.60. The summed E-state index contributed by atoms with van der Waals surface area (Å²) >= 11 is 0. The quantitative estimate of drug-likeness (QED) is 0.860. The zero-order valence-corrected chi connectivity index (χ0v) is 11.1. The molecule has 3 rings (SSSR count). The molecule has 1 aliphatic carbocycles. The van der Waals surface area contributed by atoms with E-state index < -0.39 is 5.60 Å². The normalized spacial score (nSPS) is 25.1. The SMILES string of the molecule is CC1(O)c2ccccc2C=CC1Cc1ccccc1. The van der Waals surface area contributed by atoms with E-state index in [1.165, 1.54) is 5.56 Å². The standard InChI is InChI=1S/C18H18O/c1-18(19)16(13-14-7-3-2-4-8-14)12-11-15-9-5-6-10-17(15)18/h2-12,16,19H,13H2,1H3. The molecule has 1 heteroatoms. The third kappa shape index (κ3) is 2.22. The third-order valence-corrected chi connectivity index (χ3v) is 4.03. The van der Waals surface area contributed by atoms with Crippen LogP contribution in [0.3, 0.4) is 0 Å². The number of aliphatic hydroxyl groups is 1. The molecule has 0 aliphatic heterocycles. The van der Waals surface area contributed by atoms with E-state index in [4.69, 9.17) is 0 Å². The van der Waals surface area contributed by atoms with Crippen molar-refractivity contribution < 1.29 is 5.11 Å². The van der Waals surface area contributed by atoms with Crippen molar-refractivity contribution in [2.75, 3.05) is 0 Å². The van der Waals surface area contributed by atoms with Gasteiger partial charge in [0.15, 0.2) is 0 Å². The second-order valence-electron chi connectivity index (χ2n) is 5.39. The van der Waals surface area contributed by atoms with E-state index >= 15 is 0 Å². The lowest BCUT2D eigenvalue weighted by Gasteiger charge is -2.35. The van der Waals surface area contributed by atoms with Crippen LogP contribution in [0.25, 0.3) is 6.08 Å². The maximum absolute atomic E-state index is 10.9. The van der Waals surface area contributed by atoms with Gasteiger partial charge < -0.3 is 5.11 Å². The van der Waals surface area contributed by atoms with Crippen molar-refractivity contribution in [2.45, 2.75) is 18.9 Å². The molecule has 2 aromatic rings.